The lowest BCUT2D eigenvalue weighted by atomic mass is 10.1. The lowest BCUT2D eigenvalue weighted by Crippen LogP contribution is -2.23. The van der Waals surface area contributed by atoms with Crippen LogP contribution in [0.25, 0.3) is 0 Å². The van der Waals surface area contributed by atoms with Gasteiger partial charge in [-0.15, -0.1) is 0 Å². The van der Waals surface area contributed by atoms with Crippen LogP contribution in [0.5, 0.6) is 0 Å². The lowest BCUT2D eigenvalue weighted by molar-refractivity contribution is 0.146. The van der Waals surface area contributed by atoms with Crippen molar-refractivity contribution in [2.45, 2.75) is 12.8 Å². The van der Waals surface area contributed by atoms with E-state index in [0.717, 1.165) is 31.9 Å². The number of anilines is 2. The minimum absolute atomic E-state index is 0.222. The van der Waals surface area contributed by atoms with E-state index >= 15 is 0 Å². The number of pyridine rings is 1. The van der Waals surface area contributed by atoms with Crippen LogP contribution in [-0.2, 0) is 0 Å². The summed E-state index contributed by atoms with van der Waals surface area (Å²) in [5.41, 5.74) is -0.222. The number of nitrogens with one attached hydrogen (secondary N) is 1. The maximum atomic E-state index is 12.7. The Labute approximate surface area is 127 Å². The maximum absolute atomic E-state index is 12.7. The summed E-state index contributed by atoms with van der Waals surface area (Å²) in [4.78, 5) is 13.9. The third kappa shape index (κ3) is 3.47. The summed E-state index contributed by atoms with van der Waals surface area (Å²) in [6.07, 6.45) is 1.38. The maximum Gasteiger partial charge on any atom is 0.280 e. The fourth-order valence-corrected chi connectivity index (χ4v) is 2.58. The molecule has 116 valence electrons. The molecule has 2 aromatic rings. The minimum atomic E-state index is -2.56. The highest BCUT2D eigenvalue weighted by atomic mass is 19.3. The van der Waals surface area contributed by atoms with Gasteiger partial charge in [0.15, 0.2) is 0 Å². The topological polar surface area (TPSA) is 53.9 Å². The Hall–Kier alpha value is -2.31. The molecule has 0 saturated carbocycles. The van der Waals surface area contributed by atoms with Gasteiger partial charge in [-0.05, 0) is 24.5 Å². The van der Waals surface area contributed by atoms with E-state index in [2.05, 4.69) is 20.3 Å². The first-order chi connectivity index (χ1) is 10.7. The monoisotopic (exact) mass is 305 g/mol. The van der Waals surface area contributed by atoms with Gasteiger partial charge < -0.3 is 10.2 Å². The van der Waals surface area contributed by atoms with Gasteiger partial charge in [-0.3, -0.25) is 0 Å². The van der Waals surface area contributed by atoms with Crippen molar-refractivity contribution in [3.05, 3.63) is 42.5 Å². The van der Waals surface area contributed by atoms with Crippen molar-refractivity contribution in [3.63, 3.8) is 0 Å². The summed E-state index contributed by atoms with van der Waals surface area (Å²) in [5, 5.41) is 3.30. The molecule has 1 N–H and O–H groups in total. The molecule has 0 bridgehead atoms. The smallest absolute Gasteiger partial charge is 0.280 e. The van der Waals surface area contributed by atoms with Gasteiger partial charge >= 0.3 is 0 Å². The summed E-state index contributed by atoms with van der Waals surface area (Å²) in [6, 6.07) is 7.10. The molecule has 2 aromatic heterocycles. The van der Waals surface area contributed by atoms with Crippen LogP contribution in [0.2, 0.25) is 0 Å². The predicted molar refractivity (Wildman–Crippen MR) is 80.0 cm³/mol. The molecule has 1 aliphatic rings. The van der Waals surface area contributed by atoms with Crippen molar-refractivity contribution < 1.29 is 8.78 Å². The van der Waals surface area contributed by atoms with Gasteiger partial charge in [0.25, 0.3) is 6.43 Å². The highest BCUT2D eigenvalue weighted by Gasteiger charge is 2.24. The fourth-order valence-electron chi connectivity index (χ4n) is 2.58. The molecule has 1 unspecified atom stereocenters. The van der Waals surface area contributed by atoms with Crippen LogP contribution in [0, 0.1) is 5.92 Å². The van der Waals surface area contributed by atoms with E-state index in [9.17, 15) is 8.78 Å². The molecular weight excluding hydrogens is 288 g/mol. The molecule has 22 heavy (non-hydrogen) atoms. The van der Waals surface area contributed by atoms with E-state index in [4.69, 9.17) is 0 Å². The normalized spacial score (nSPS) is 18.0. The summed E-state index contributed by atoms with van der Waals surface area (Å²) < 4.78 is 25.4. The minimum Gasteiger partial charge on any atom is -0.370 e. The fraction of sp³-hybridized carbons (Fsp3) is 0.400. The van der Waals surface area contributed by atoms with E-state index in [0.29, 0.717) is 11.7 Å². The highest BCUT2D eigenvalue weighted by Crippen LogP contribution is 2.25. The van der Waals surface area contributed by atoms with Crippen molar-refractivity contribution in [2.75, 3.05) is 29.9 Å². The average Bonchev–Trinajstić information content (AvgIpc) is 3.03. The molecule has 5 nitrogen and oxygen atoms in total. The van der Waals surface area contributed by atoms with Crippen molar-refractivity contribution in [1.29, 1.82) is 0 Å². The molecule has 3 rings (SSSR count). The second-order valence-corrected chi connectivity index (χ2v) is 5.30. The second-order valence-electron chi connectivity index (χ2n) is 5.30. The van der Waals surface area contributed by atoms with Crippen molar-refractivity contribution in [3.8, 4) is 0 Å². The molecule has 0 aliphatic carbocycles. The van der Waals surface area contributed by atoms with Crippen LogP contribution in [0.4, 0.5) is 20.4 Å². The number of halogens is 2. The predicted octanol–water partition coefficient (Wildman–Crippen LogP) is 2.75. The zero-order valence-corrected chi connectivity index (χ0v) is 12.0. The SMILES string of the molecule is FC(F)c1cc(N2CCC(CNc3ccccn3)C2)ncn1. The number of rotatable bonds is 5. The quantitative estimate of drug-likeness (QED) is 0.920. The van der Waals surface area contributed by atoms with Gasteiger partial charge in [-0.2, -0.15) is 0 Å². The first-order valence-electron chi connectivity index (χ1n) is 7.22. The third-order valence-corrected chi connectivity index (χ3v) is 3.74. The third-order valence-electron chi connectivity index (χ3n) is 3.74. The number of aromatic nitrogens is 3. The van der Waals surface area contributed by atoms with Gasteiger partial charge in [-0.25, -0.2) is 23.7 Å². The van der Waals surface area contributed by atoms with E-state index in [1.54, 1.807) is 6.20 Å². The summed E-state index contributed by atoms with van der Waals surface area (Å²) in [6.45, 7) is 2.41. The summed E-state index contributed by atoms with van der Waals surface area (Å²) in [5.74, 6) is 1.86. The Bertz CT molecular complexity index is 608. The molecule has 0 aromatic carbocycles. The van der Waals surface area contributed by atoms with Crippen LogP contribution in [0.15, 0.2) is 36.8 Å². The zero-order chi connectivity index (χ0) is 15.4. The molecular formula is C15H17F2N5. The van der Waals surface area contributed by atoms with Crippen LogP contribution in [0.1, 0.15) is 18.5 Å². The molecule has 7 heteroatoms. The largest absolute Gasteiger partial charge is 0.370 e. The Morgan fingerprint density at radius 2 is 2.18 bits per heavy atom. The van der Waals surface area contributed by atoms with E-state index in [1.165, 1.54) is 12.4 Å². The number of hydrogen-bond donors (Lipinski definition) is 1. The number of alkyl halides is 2. The van der Waals surface area contributed by atoms with Crippen LogP contribution >= 0.6 is 0 Å². The van der Waals surface area contributed by atoms with Crippen LogP contribution in [-0.4, -0.2) is 34.6 Å². The van der Waals surface area contributed by atoms with E-state index in [1.807, 2.05) is 23.1 Å². The zero-order valence-electron chi connectivity index (χ0n) is 12.0. The average molecular weight is 305 g/mol. The molecule has 3 heterocycles. The number of hydrogen-bond acceptors (Lipinski definition) is 5. The Kier molecular flexibility index (Phi) is 4.41. The van der Waals surface area contributed by atoms with E-state index in [-0.39, 0.29) is 5.69 Å². The number of nitrogens with zero attached hydrogens (tertiary/aromatic N) is 4. The van der Waals surface area contributed by atoms with E-state index < -0.39 is 6.43 Å². The van der Waals surface area contributed by atoms with Crippen molar-refractivity contribution in [1.82, 2.24) is 15.0 Å². The Morgan fingerprint density at radius 3 is 2.95 bits per heavy atom. The molecule has 1 saturated heterocycles. The van der Waals surface area contributed by atoms with Crippen LogP contribution in [0.3, 0.4) is 0 Å². The first kappa shape index (κ1) is 14.6. The van der Waals surface area contributed by atoms with Crippen molar-refractivity contribution >= 4 is 11.6 Å². The van der Waals surface area contributed by atoms with Crippen molar-refractivity contribution in [2.24, 2.45) is 5.92 Å². The van der Waals surface area contributed by atoms with Crippen LogP contribution < -0.4 is 10.2 Å². The second kappa shape index (κ2) is 6.64. The Morgan fingerprint density at radius 1 is 1.27 bits per heavy atom. The standard InChI is InChI=1S/C15H17F2N5/c16-15(17)12-7-14(21-10-20-12)22-6-4-11(9-22)8-19-13-3-1-2-5-18-13/h1-3,5,7,10-11,15H,4,6,8-9H2,(H,18,19). The Balaban J connectivity index is 1.57. The van der Waals surface area contributed by atoms with Gasteiger partial charge in [-0.1, -0.05) is 6.07 Å². The molecule has 1 fully saturated rings. The lowest BCUT2D eigenvalue weighted by Gasteiger charge is -2.18. The highest BCUT2D eigenvalue weighted by molar-refractivity contribution is 5.41. The summed E-state index contributed by atoms with van der Waals surface area (Å²) in [7, 11) is 0. The van der Waals surface area contributed by atoms with Gasteiger partial charge in [0.2, 0.25) is 0 Å². The summed E-state index contributed by atoms with van der Waals surface area (Å²) >= 11 is 0. The van der Waals surface area contributed by atoms with Gasteiger partial charge in [0, 0.05) is 31.9 Å². The molecule has 1 aliphatic heterocycles. The van der Waals surface area contributed by atoms with Gasteiger partial charge in [0.05, 0.1) is 0 Å². The molecule has 0 spiro atoms. The molecule has 0 radical (unpaired) electrons. The first-order valence-corrected chi connectivity index (χ1v) is 7.22. The molecule has 0 amide bonds. The molecule has 1 atom stereocenters. The van der Waals surface area contributed by atoms with Gasteiger partial charge in [0.1, 0.15) is 23.7 Å².